The summed E-state index contributed by atoms with van der Waals surface area (Å²) >= 11 is 8.96. The maximum Gasteiger partial charge on any atom is 0.322 e. The maximum absolute atomic E-state index is 11.7. The summed E-state index contributed by atoms with van der Waals surface area (Å²) in [5.41, 5.74) is 0.335. The summed E-state index contributed by atoms with van der Waals surface area (Å²) in [6.07, 6.45) is 0. The number of benzene rings is 1. The molecule has 0 unspecified atom stereocenters. The summed E-state index contributed by atoms with van der Waals surface area (Å²) in [5.74, 6) is -2.19. The fourth-order valence-electron chi connectivity index (χ4n) is 1.14. The first-order chi connectivity index (χ1) is 8.90. The van der Waals surface area contributed by atoms with Crippen LogP contribution < -0.4 is 10.6 Å². The number of carbonyl (C=O) groups is 3. The van der Waals surface area contributed by atoms with Crippen LogP contribution in [0.25, 0.3) is 0 Å². The summed E-state index contributed by atoms with van der Waals surface area (Å²) < 4.78 is 0.567. The van der Waals surface area contributed by atoms with E-state index >= 15 is 0 Å². The summed E-state index contributed by atoms with van der Waals surface area (Å²) in [6.45, 7) is -0.784. The monoisotopic (exact) mass is 348 g/mol. The molecule has 8 heteroatoms. The molecule has 0 heterocycles. The van der Waals surface area contributed by atoms with Crippen LogP contribution in [0, 0.1) is 0 Å². The van der Waals surface area contributed by atoms with Crippen LogP contribution >= 0.6 is 27.5 Å². The number of carbonyl (C=O) groups excluding carboxylic acids is 2. The van der Waals surface area contributed by atoms with E-state index in [0.29, 0.717) is 15.1 Å². The van der Waals surface area contributed by atoms with E-state index in [0.717, 1.165) is 0 Å². The molecule has 3 N–H and O–H groups in total. The Labute approximate surface area is 122 Å². The summed E-state index contributed by atoms with van der Waals surface area (Å²) in [6, 6.07) is 4.58. The molecule has 0 saturated heterocycles. The molecule has 0 aromatic heterocycles. The van der Waals surface area contributed by atoms with Gasteiger partial charge in [0, 0.05) is 10.0 Å². The van der Waals surface area contributed by atoms with Crippen molar-refractivity contribution in [1.29, 1.82) is 0 Å². The van der Waals surface area contributed by atoms with E-state index in [4.69, 9.17) is 16.7 Å². The highest BCUT2D eigenvalue weighted by atomic mass is 79.9. The molecule has 19 heavy (non-hydrogen) atoms. The number of hydrogen-bond acceptors (Lipinski definition) is 3. The van der Waals surface area contributed by atoms with Crippen molar-refractivity contribution in [2.45, 2.75) is 0 Å². The first kappa shape index (κ1) is 15.5. The molecule has 0 aliphatic carbocycles. The van der Waals surface area contributed by atoms with Gasteiger partial charge in [0.1, 0.15) is 6.54 Å². The van der Waals surface area contributed by atoms with E-state index in [2.05, 4.69) is 26.6 Å². The van der Waals surface area contributed by atoms with Gasteiger partial charge in [0.15, 0.2) is 0 Å². The van der Waals surface area contributed by atoms with Gasteiger partial charge in [-0.25, -0.2) is 0 Å². The second-order valence-corrected chi connectivity index (χ2v) is 4.74. The Morgan fingerprint density at radius 3 is 2.47 bits per heavy atom. The van der Waals surface area contributed by atoms with Gasteiger partial charge in [-0.1, -0.05) is 11.6 Å². The first-order valence-corrected chi connectivity index (χ1v) is 6.29. The summed E-state index contributed by atoms with van der Waals surface area (Å²) in [4.78, 5) is 33.1. The van der Waals surface area contributed by atoms with Gasteiger partial charge in [-0.05, 0) is 34.1 Å². The topological polar surface area (TPSA) is 95.5 Å². The third-order valence-electron chi connectivity index (χ3n) is 2.03. The number of hydrogen-bond donors (Lipinski definition) is 3. The predicted molar refractivity (Wildman–Crippen MR) is 72.1 cm³/mol. The third kappa shape index (κ3) is 5.27. The highest BCUT2D eigenvalue weighted by molar-refractivity contribution is 9.10. The van der Waals surface area contributed by atoms with E-state index in [9.17, 15) is 14.4 Å². The van der Waals surface area contributed by atoms with Crippen LogP contribution in [0.15, 0.2) is 22.7 Å². The normalized spacial score (nSPS) is 9.79. The second kappa shape index (κ2) is 7.10. The Bertz CT molecular complexity index is 521. The molecule has 102 valence electrons. The van der Waals surface area contributed by atoms with Crippen LogP contribution in [0.1, 0.15) is 10.4 Å². The smallest absolute Gasteiger partial charge is 0.322 e. The molecule has 0 spiro atoms. The molecule has 1 rings (SSSR count). The number of aliphatic carboxylic acids is 1. The van der Waals surface area contributed by atoms with Crippen molar-refractivity contribution < 1.29 is 19.5 Å². The lowest BCUT2D eigenvalue weighted by Gasteiger charge is -2.06. The first-order valence-electron chi connectivity index (χ1n) is 5.12. The average Bonchev–Trinajstić information content (AvgIpc) is 2.36. The van der Waals surface area contributed by atoms with E-state index in [1.807, 2.05) is 0 Å². The van der Waals surface area contributed by atoms with E-state index in [1.165, 1.54) is 12.1 Å². The van der Waals surface area contributed by atoms with Crippen LogP contribution in [-0.2, 0) is 9.59 Å². The van der Waals surface area contributed by atoms with Crippen molar-refractivity contribution in [3.63, 3.8) is 0 Å². The molecule has 0 radical (unpaired) electrons. The molecule has 2 amide bonds. The van der Waals surface area contributed by atoms with Crippen LogP contribution in [0.2, 0.25) is 5.02 Å². The zero-order valence-electron chi connectivity index (χ0n) is 9.57. The lowest BCUT2D eigenvalue weighted by atomic mass is 10.2. The Morgan fingerprint density at radius 2 is 1.89 bits per heavy atom. The van der Waals surface area contributed by atoms with Gasteiger partial charge in [-0.2, -0.15) is 0 Å². The minimum absolute atomic E-state index is 0.299. The Morgan fingerprint density at radius 1 is 1.21 bits per heavy atom. The van der Waals surface area contributed by atoms with Gasteiger partial charge in [0.2, 0.25) is 5.91 Å². The standard InChI is InChI=1S/C11H10BrClN2O4/c12-7-3-6(1-2-8(7)13)11(19)15-4-9(16)14-5-10(17)18/h1-3H,4-5H2,(H,14,16)(H,15,19)(H,17,18). The van der Waals surface area contributed by atoms with Crippen LogP contribution in [0.3, 0.4) is 0 Å². The van der Waals surface area contributed by atoms with Crippen molar-refractivity contribution in [2.24, 2.45) is 0 Å². The SMILES string of the molecule is O=C(O)CNC(=O)CNC(=O)c1ccc(Cl)c(Br)c1. The molecule has 6 nitrogen and oxygen atoms in total. The highest BCUT2D eigenvalue weighted by Gasteiger charge is 2.10. The van der Waals surface area contributed by atoms with Crippen molar-refractivity contribution in [2.75, 3.05) is 13.1 Å². The van der Waals surface area contributed by atoms with E-state index < -0.39 is 24.3 Å². The van der Waals surface area contributed by atoms with Gasteiger partial charge in [-0.15, -0.1) is 0 Å². The van der Waals surface area contributed by atoms with Gasteiger partial charge in [0.05, 0.1) is 11.6 Å². The largest absolute Gasteiger partial charge is 0.480 e. The molecule has 1 aromatic rings. The molecule has 0 aliphatic heterocycles. The number of halogens is 2. The predicted octanol–water partition coefficient (Wildman–Crippen LogP) is 1.03. The number of amides is 2. The minimum Gasteiger partial charge on any atom is -0.480 e. The molecular weight excluding hydrogens is 339 g/mol. The number of carboxylic acids is 1. The molecule has 0 bridgehead atoms. The zero-order chi connectivity index (χ0) is 14.4. The van der Waals surface area contributed by atoms with Crippen molar-refractivity contribution in [3.8, 4) is 0 Å². The van der Waals surface area contributed by atoms with Gasteiger partial charge in [0.25, 0.3) is 5.91 Å². The summed E-state index contributed by atoms with van der Waals surface area (Å²) in [5, 5.41) is 13.3. The number of nitrogens with one attached hydrogen (secondary N) is 2. The average molecular weight is 350 g/mol. The van der Waals surface area contributed by atoms with Crippen LogP contribution in [-0.4, -0.2) is 36.0 Å². The quantitative estimate of drug-likeness (QED) is 0.740. The minimum atomic E-state index is -1.15. The lowest BCUT2D eigenvalue weighted by molar-refractivity contribution is -0.137. The van der Waals surface area contributed by atoms with Gasteiger partial charge < -0.3 is 15.7 Å². The molecule has 1 aromatic carbocycles. The molecule has 0 atom stereocenters. The molecular formula is C11H10BrClN2O4. The Kier molecular flexibility index (Phi) is 5.78. The van der Waals surface area contributed by atoms with Crippen molar-refractivity contribution in [1.82, 2.24) is 10.6 Å². The Balaban J connectivity index is 2.49. The molecule has 0 fully saturated rings. The third-order valence-corrected chi connectivity index (χ3v) is 3.24. The Hall–Kier alpha value is -1.60. The zero-order valence-corrected chi connectivity index (χ0v) is 11.9. The second-order valence-electron chi connectivity index (χ2n) is 3.48. The van der Waals surface area contributed by atoms with E-state index in [-0.39, 0.29) is 6.54 Å². The molecule has 0 saturated carbocycles. The number of rotatable bonds is 5. The van der Waals surface area contributed by atoms with E-state index in [1.54, 1.807) is 6.07 Å². The van der Waals surface area contributed by atoms with Crippen molar-refractivity contribution >= 4 is 45.3 Å². The molecule has 0 aliphatic rings. The highest BCUT2D eigenvalue weighted by Crippen LogP contribution is 2.23. The summed E-state index contributed by atoms with van der Waals surface area (Å²) in [7, 11) is 0. The lowest BCUT2D eigenvalue weighted by Crippen LogP contribution is -2.39. The van der Waals surface area contributed by atoms with Crippen LogP contribution in [0.4, 0.5) is 0 Å². The fourth-order valence-corrected chi connectivity index (χ4v) is 1.63. The van der Waals surface area contributed by atoms with Gasteiger partial charge in [-0.3, -0.25) is 14.4 Å². The number of carboxylic acid groups (broad SMARTS) is 1. The van der Waals surface area contributed by atoms with Gasteiger partial charge >= 0.3 is 5.97 Å². The van der Waals surface area contributed by atoms with Crippen LogP contribution in [0.5, 0.6) is 0 Å². The maximum atomic E-state index is 11.7. The fraction of sp³-hybridized carbons (Fsp3) is 0.182. The van der Waals surface area contributed by atoms with Crippen molar-refractivity contribution in [3.05, 3.63) is 33.3 Å².